The Kier molecular flexibility index (Phi) is 11.4. The number of rotatable bonds is 5. The number of amides is 2. The second-order valence-electron chi connectivity index (χ2n) is 14.5. The van der Waals surface area contributed by atoms with E-state index in [-0.39, 0.29) is 18.7 Å². The number of ether oxygens (including phenoxy) is 5. The van der Waals surface area contributed by atoms with E-state index in [0.717, 1.165) is 16.7 Å². The van der Waals surface area contributed by atoms with Gasteiger partial charge in [-0.1, -0.05) is 67.8 Å². The molecule has 13 heteroatoms. The number of hydrogen-bond acceptors (Lipinski definition) is 10. The molecule has 4 bridgehead atoms. The highest BCUT2D eigenvalue weighted by Crippen LogP contribution is 2.49. The zero-order chi connectivity index (χ0) is 37.4. The number of halogens is 1. The number of benzene rings is 1. The highest BCUT2D eigenvalue weighted by molar-refractivity contribution is 6.32. The van der Waals surface area contributed by atoms with E-state index in [9.17, 15) is 19.5 Å². The molecule has 2 fully saturated rings. The van der Waals surface area contributed by atoms with Crippen molar-refractivity contribution in [2.75, 3.05) is 27.0 Å². The molecule has 2 amide bonds. The Balaban J connectivity index is 1.64. The smallest absolute Gasteiger partial charge is 0.409 e. The normalized spacial score (nSPS) is 34.8. The van der Waals surface area contributed by atoms with E-state index in [1.165, 1.54) is 7.11 Å². The number of methoxy groups -OCH3 is 2. The zero-order valence-corrected chi connectivity index (χ0v) is 31.3. The van der Waals surface area contributed by atoms with Crippen LogP contribution in [0.3, 0.4) is 0 Å². The van der Waals surface area contributed by atoms with Gasteiger partial charge in [0.25, 0.3) is 0 Å². The Labute approximate surface area is 304 Å². The van der Waals surface area contributed by atoms with Crippen LogP contribution in [0, 0.1) is 11.8 Å². The number of carbonyl (C=O) groups is 3. The predicted molar refractivity (Wildman–Crippen MR) is 192 cm³/mol. The van der Waals surface area contributed by atoms with Crippen molar-refractivity contribution >= 4 is 40.8 Å². The lowest BCUT2D eigenvalue weighted by Crippen LogP contribution is -2.63. The minimum atomic E-state index is -1.78. The summed E-state index contributed by atoms with van der Waals surface area (Å²) in [5.74, 6) is -1.73. The molecule has 3 aliphatic heterocycles. The molecule has 3 heterocycles. The number of epoxide rings is 1. The Morgan fingerprint density at radius 2 is 1.92 bits per heavy atom. The molecule has 51 heavy (non-hydrogen) atoms. The lowest BCUT2D eigenvalue weighted by molar-refractivity contribution is -0.158. The van der Waals surface area contributed by atoms with Gasteiger partial charge in [0.05, 0.1) is 29.6 Å². The van der Waals surface area contributed by atoms with Crippen molar-refractivity contribution in [1.82, 2.24) is 10.2 Å². The first-order valence-electron chi connectivity index (χ1n) is 17.3. The first-order valence-corrected chi connectivity index (χ1v) is 17.6. The van der Waals surface area contributed by atoms with Crippen molar-refractivity contribution in [2.24, 2.45) is 11.8 Å². The number of aliphatic hydroxyl groups is 1. The summed E-state index contributed by atoms with van der Waals surface area (Å²) in [5.41, 5.74) is 7.65. The molecule has 1 aromatic rings. The average Bonchev–Trinajstić information content (AvgIpc) is 3.76. The molecule has 0 saturated carbocycles. The number of carbonyl (C=O) groups excluding carboxylic acids is 3. The molecule has 278 valence electrons. The average molecular weight is 728 g/mol. The van der Waals surface area contributed by atoms with E-state index < -0.39 is 65.7 Å². The second kappa shape index (κ2) is 15.1. The van der Waals surface area contributed by atoms with Gasteiger partial charge in [-0.3, -0.25) is 14.9 Å². The minimum absolute atomic E-state index is 0.00454. The van der Waals surface area contributed by atoms with Crippen LogP contribution in [-0.4, -0.2) is 91.1 Å². The number of fused-ring (bicyclic) bond motifs is 4. The van der Waals surface area contributed by atoms with Crippen LogP contribution in [0.1, 0.15) is 65.9 Å². The SMILES string of the molecule is COC1CC2=CC(=C1c1ccc(N)cc1Cl)N(C)C(=O)C[C@H](OC(=O)C(C)C)[C@]1(C)O[C@H]1[C@H](C)[C@@H]1C[C@@](O)(NC(=O)O1)[C@H](OC)/C=C/C=C(\C)C2. The van der Waals surface area contributed by atoms with Crippen LogP contribution in [0.25, 0.3) is 5.57 Å². The third kappa shape index (κ3) is 8.05. The molecule has 1 aliphatic carbocycles. The van der Waals surface area contributed by atoms with Crippen LogP contribution >= 0.6 is 11.6 Å². The van der Waals surface area contributed by atoms with Crippen LogP contribution in [-0.2, 0) is 33.3 Å². The van der Waals surface area contributed by atoms with Gasteiger partial charge in [0.2, 0.25) is 5.91 Å². The van der Waals surface area contributed by atoms with Gasteiger partial charge in [-0.25, -0.2) is 4.79 Å². The van der Waals surface area contributed by atoms with Crippen LogP contribution in [0.4, 0.5) is 10.5 Å². The number of esters is 1. The van der Waals surface area contributed by atoms with Crippen molar-refractivity contribution < 1.29 is 43.2 Å². The fourth-order valence-electron chi connectivity index (χ4n) is 7.28. The van der Waals surface area contributed by atoms with Crippen molar-refractivity contribution in [3.63, 3.8) is 0 Å². The standard InChI is InChI=1S/C38H50ClN3O9/c1-20(2)35(44)50-31-18-32(43)42(6)27-15-23(16-28(47-7)33(27)25-13-12-24(40)17-26(25)39)14-21(3)10-9-11-30(48-8)38(46)19-29(49-36(45)41-38)22(4)34-37(31,5)51-34/h9-13,15,17,20,22,28-31,34,46H,14,16,18-19,40H2,1-8H3,(H,41,45)/b11-9+,21-10+/t22-,28?,29+,30-,31+,34+,37+,38+/m1/s1. The maximum Gasteiger partial charge on any atom is 0.409 e. The highest BCUT2D eigenvalue weighted by atomic mass is 35.5. The fourth-order valence-corrected chi connectivity index (χ4v) is 7.57. The van der Waals surface area contributed by atoms with Gasteiger partial charge in [0.15, 0.2) is 5.72 Å². The Bertz CT molecular complexity index is 1670. The summed E-state index contributed by atoms with van der Waals surface area (Å²) < 4.78 is 29.7. The van der Waals surface area contributed by atoms with E-state index in [4.69, 9.17) is 41.0 Å². The molecule has 0 spiro atoms. The number of allylic oxidation sites excluding steroid dienone is 4. The molecule has 12 nitrogen and oxygen atoms in total. The van der Waals surface area contributed by atoms with E-state index in [1.807, 2.05) is 32.1 Å². The number of anilines is 1. The summed E-state index contributed by atoms with van der Waals surface area (Å²) in [5, 5.41) is 14.7. The van der Waals surface area contributed by atoms with Crippen LogP contribution in [0.5, 0.6) is 0 Å². The molecule has 0 radical (unpaired) electrons. The summed E-state index contributed by atoms with van der Waals surface area (Å²) in [7, 11) is 4.76. The summed E-state index contributed by atoms with van der Waals surface area (Å²) in [4.78, 5) is 41.8. The van der Waals surface area contributed by atoms with Crippen LogP contribution in [0.15, 0.2) is 59.3 Å². The fraction of sp³-hybridized carbons (Fsp3) is 0.553. The maximum atomic E-state index is 14.4. The lowest BCUT2D eigenvalue weighted by atomic mass is 9.83. The first kappa shape index (κ1) is 38.5. The summed E-state index contributed by atoms with van der Waals surface area (Å²) >= 11 is 6.76. The van der Waals surface area contributed by atoms with Crippen molar-refractivity contribution in [1.29, 1.82) is 0 Å². The van der Waals surface area contributed by atoms with Gasteiger partial charge in [-0.15, -0.1) is 0 Å². The quantitative estimate of drug-likeness (QED) is 0.206. The molecule has 2 saturated heterocycles. The molecule has 4 aliphatic rings. The van der Waals surface area contributed by atoms with Crippen molar-refractivity contribution in [2.45, 2.75) is 102 Å². The second-order valence-corrected chi connectivity index (χ2v) is 14.9. The Morgan fingerprint density at radius 1 is 1.20 bits per heavy atom. The number of alkyl carbamates (subject to hydrolysis) is 1. The third-order valence-corrected chi connectivity index (χ3v) is 10.7. The molecule has 8 atom stereocenters. The van der Waals surface area contributed by atoms with Crippen molar-refractivity contribution in [3.8, 4) is 0 Å². The Morgan fingerprint density at radius 3 is 2.57 bits per heavy atom. The van der Waals surface area contributed by atoms with Gasteiger partial charge in [0.1, 0.15) is 23.9 Å². The zero-order valence-electron chi connectivity index (χ0n) is 30.5. The lowest BCUT2D eigenvalue weighted by Gasteiger charge is -2.42. The van der Waals surface area contributed by atoms with E-state index in [1.54, 1.807) is 64.1 Å². The van der Waals surface area contributed by atoms with E-state index in [2.05, 4.69) is 5.32 Å². The Hall–Kier alpha value is -3.68. The minimum Gasteiger partial charge on any atom is -0.458 e. The number of nitrogens with zero attached hydrogens (tertiary/aromatic N) is 1. The molecule has 0 aromatic heterocycles. The maximum absolute atomic E-state index is 14.4. The van der Waals surface area contributed by atoms with Gasteiger partial charge in [0, 0.05) is 56.1 Å². The highest BCUT2D eigenvalue weighted by Gasteiger charge is 2.64. The molecule has 1 aromatic carbocycles. The molecule has 1 unspecified atom stereocenters. The summed E-state index contributed by atoms with van der Waals surface area (Å²) in [6.45, 7) is 9.04. The molecule has 5 rings (SSSR count). The topological polar surface area (TPSA) is 162 Å². The molecule has 4 N–H and O–H groups in total. The van der Waals surface area contributed by atoms with Crippen LogP contribution < -0.4 is 11.1 Å². The third-order valence-electron chi connectivity index (χ3n) is 10.4. The molecular formula is C38H50ClN3O9. The summed E-state index contributed by atoms with van der Waals surface area (Å²) in [6, 6.07) is 5.25. The monoisotopic (exact) mass is 727 g/mol. The van der Waals surface area contributed by atoms with Crippen LogP contribution in [0.2, 0.25) is 5.02 Å². The number of nitrogen functional groups attached to an aromatic ring is 1. The summed E-state index contributed by atoms with van der Waals surface area (Å²) in [6.07, 6.45) is 3.74. The number of nitrogens with two attached hydrogens (primary N) is 1. The number of likely N-dealkylation sites (N-methyl/N-ethyl adjacent to an activating group) is 1. The van der Waals surface area contributed by atoms with E-state index >= 15 is 0 Å². The van der Waals surface area contributed by atoms with Gasteiger partial charge < -0.3 is 39.4 Å². The number of nitrogens with one attached hydrogen (secondary N) is 1. The van der Waals surface area contributed by atoms with Gasteiger partial charge in [-0.05, 0) is 44.9 Å². The van der Waals surface area contributed by atoms with Crippen molar-refractivity contribution in [3.05, 3.63) is 69.9 Å². The predicted octanol–water partition coefficient (Wildman–Crippen LogP) is 5.30. The van der Waals surface area contributed by atoms with Gasteiger partial charge >= 0.3 is 12.1 Å². The van der Waals surface area contributed by atoms with Gasteiger partial charge in [-0.2, -0.15) is 0 Å². The van der Waals surface area contributed by atoms with E-state index in [0.29, 0.717) is 34.8 Å². The molecular weight excluding hydrogens is 678 g/mol. The first-order chi connectivity index (χ1) is 24.0. The largest absolute Gasteiger partial charge is 0.458 e. The number of hydrogen-bond donors (Lipinski definition) is 3.